The summed E-state index contributed by atoms with van der Waals surface area (Å²) in [4.78, 5) is 11.0. The summed E-state index contributed by atoms with van der Waals surface area (Å²) >= 11 is 0. The fourth-order valence-electron chi connectivity index (χ4n) is 2.83. The van der Waals surface area contributed by atoms with Gasteiger partial charge in [0.1, 0.15) is 0 Å². The molecule has 2 rings (SSSR count). The number of rotatable bonds is 2. The van der Waals surface area contributed by atoms with Gasteiger partial charge in [-0.1, -0.05) is 13.8 Å². The van der Waals surface area contributed by atoms with Crippen LogP contribution in [-0.2, 0) is 18.3 Å². The minimum atomic E-state index is -0.691. The molecule has 1 aromatic heterocycles. The zero-order chi connectivity index (χ0) is 11.2. The zero-order valence-corrected chi connectivity index (χ0v) is 9.40. The zero-order valence-electron chi connectivity index (χ0n) is 9.40. The Bertz CT molecular complexity index is 394. The predicted molar refractivity (Wildman–Crippen MR) is 57.8 cm³/mol. The minimum Gasteiger partial charge on any atom is -0.481 e. The van der Waals surface area contributed by atoms with Crippen molar-refractivity contribution in [3.63, 3.8) is 0 Å². The number of carbonyl (C=O) groups is 1. The molecule has 3 nitrogen and oxygen atoms in total. The summed E-state index contributed by atoms with van der Waals surface area (Å²) in [7, 11) is 1.99. The highest BCUT2D eigenvalue weighted by Crippen LogP contribution is 2.42. The van der Waals surface area contributed by atoms with Gasteiger partial charge in [0.15, 0.2) is 0 Å². The lowest BCUT2D eigenvalue weighted by Gasteiger charge is -2.20. The summed E-state index contributed by atoms with van der Waals surface area (Å²) < 4.78 is 2.03. The van der Waals surface area contributed by atoms with Gasteiger partial charge in [0.05, 0.1) is 5.92 Å². The van der Waals surface area contributed by atoms with E-state index < -0.39 is 5.97 Å². The van der Waals surface area contributed by atoms with E-state index >= 15 is 0 Å². The van der Waals surface area contributed by atoms with Crippen molar-refractivity contribution < 1.29 is 9.90 Å². The molecule has 0 radical (unpaired) electrons. The maximum Gasteiger partial charge on any atom is 0.306 e. The molecule has 0 spiro atoms. The molecule has 1 N–H and O–H groups in total. The molecule has 82 valence electrons. The van der Waals surface area contributed by atoms with Gasteiger partial charge in [-0.25, -0.2) is 0 Å². The fourth-order valence-corrected chi connectivity index (χ4v) is 2.83. The summed E-state index contributed by atoms with van der Waals surface area (Å²) in [6.45, 7) is 3.95. The third-order valence-electron chi connectivity index (χ3n) is 3.52. The summed E-state index contributed by atoms with van der Waals surface area (Å²) in [6.07, 6.45) is 5.20. The number of carboxylic acid groups (broad SMARTS) is 1. The Morgan fingerprint density at radius 1 is 1.60 bits per heavy atom. The average Bonchev–Trinajstić information content (AvgIpc) is 2.58. The number of fused-ring (bicyclic) bond motifs is 1. The van der Waals surface area contributed by atoms with Gasteiger partial charge in [0, 0.05) is 25.4 Å². The Morgan fingerprint density at radius 2 is 2.27 bits per heavy atom. The van der Waals surface area contributed by atoms with Crippen molar-refractivity contribution in [1.29, 1.82) is 0 Å². The first-order valence-electron chi connectivity index (χ1n) is 5.38. The second kappa shape index (κ2) is 3.40. The second-order valence-corrected chi connectivity index (χ2v) is 4.74. The van der Waals surface area contributed by atoms with Gasteiger partial charge in [-0.3, -0.25) is 4.79 Å². The van der Waals surface area contributed by atoms with Gasteiger partial charge in [-0.2, -0.15) is 0 Å². The lowest BCUT2D eigenvalue weighted by atomic mass is 9.84. The number of aromatic nitrogens is 1. The molecule has 15 heavy (non-hydrogen) atoms. The van der Waals surface area contributed by atoms with Crippen molar-refractivity contribution in [2.45, 2.75) is 26.2 Å². The molecule has 0 amide bonds. The van der Waals surface area contributed by atoms with Gasteiger partial charge in [-0.15, -0.1) is 0 Å². The highest BCUT2D eigenvalue weighted by atomic mass is 16.4. The van der Waals surface area contributed by atoms with E-state index in [4.69, 9.17) is 5.11 Å². The molecule has 1 aliphatic rings. The highest BCUT2D eigenvalue weighted by molar-refractivity contribution is 5.71. The van der Waals surface area contributed by atoms with Gasteiger partial charge in [0.2, 0.25) is 0 Å². The van der Waals surface area contributed by atoms with Crippen molar-refractivity contribution in [3.8, 4) is 0 Å². The Hall–Kier alpha value is -1.25. The summed E-state index contributed by atoms with van der Waals surface area (Å²) in [5, 5.41) is 9.09. The number of aryl methyl sites for hydroxylation is 1. The van der Waals surface area contributed by atoms with E-state index in [1.165, 1.54) is 11.1 Å². The first kappa shape index (κ1) is 10.3. The van der Waals surface area contributed by atoms with E-state index in [1.807, 2.05) is 18.5 Å². The molecule has 0 saturated heterocycles. The first-order chi connectivity index (χ1) is 7.00. The maximum absolute atomic E-state index is 11.0. The van der Waals surface area contributed by atoms with Crippen LogP contribution in [0, 0.1) is 11.8 Å². The van der Waals surface area contributed by atoms with Crippen LogP contribution in [0.2, 0.25) is 0 Å². The smallest absolute Gasteiger partial charge is 0.306 e. The lowest BCUT2D eigenvalue weighted by molar-refractivity contribution is -0.142. The van der Waals surface area contributed by atoms with E-state index in [-0.39, 0.29) is 11.8 Å². The highest BCUT2D eigenvalue weighted by Gasteiger charge is 2.37. The SMILES string of the molecule is CC1Cc2cn(C)cc2C1C(C)C(=O)O. The number of hydrogen-bond acceptors (Lipinski definition) is 1. The van der Waals surface area contributed by atoms with E-state index in [1.54, 1.807) is 0 Å². The van der Waals surface area contributed by atoms with Crippen LogP contribution in [0.5, 0.6) is 0 Å². The molecule has 1 aliphatic carbocycles. The third-order valence-corrected chi connectivity index (χ3v) is 3.52. The Kier molecular flexibility index (Phi) is 2.33. The number of carboxylic acids is 1. The van der Waals surface area contributed by atoms with Crippen LogP contribution in [0.4, 0.5) is 0 Å². The van der Waals surface area contributed by atoms with E-state index in [0.717, 1.165) is 6.42 Å². The monoisotopic (exact) mass is 207 g/mol. The van der Waals surface area contributed by atoms with E-state index in [9.17, 15) is 4.79 Å². The van der Waals surface area contributed by atoms with Gasteiger partial charge in [0.25, 0.3) is 0 Å². The van der Waals surface area contributed by atoms with Crippen molar-refractivity contribution >= 4 is 5.97 Å². The Morgan fingerprint density at radius 3 is 2.87 bits per heavy atom. The topological polar surface area (TPSA) is 42.2 Å². The molecular formula is C12H17NO2. The van der Waals surface area contributed by atoms with Gasteiger partial charge >= 0.3 is 5.97 Å². The van der Waals surface area contributed by atoms with Crippen LogP contribution in [0.3, 0.4) is 0 Å². The maximum atomic E-state index is 11.0. The molecule has 1 aromatic rings. The van der Waals surface area contributed by atoms with Crippen LogP contribution < -0.4 is 0 Å². The van der Waals surface area contributed by atoms with Crippen LogP contribution in [0.25, 0.3) is 0 Å². The fraction of sp³-hybridized carbons (Fsp3) is 0.583. The number of hydrogen-bond donors (Lipinski definition) is 1. The predicted octanol–water partition coefficient (Wildman–Crippen LogP) is 2.02. The largest absolute Gasteiger partial charge is 0.481 e. The van der Waals surface area contributed by atoms with Crippen LogP contribution in [0.15, 0.2) is 12.4 Å². The summed E-state index contributed by atoms with van der Waals surface area (Å²) in [5.74, 6) is -0.354. The standard InChI is InChI=1S/C12H17NO2/c1-7-4-9-5-13(3)6-10(9)11(7)8(2)12(14)15/h5-8,11H,4H2,1-3H3,(H,14,15). The van der Waals surface area contributed by atoms with Gasteiger partial charge < -0.3 is 9.67 Å². The van der Waals surface area contributed by atoms with Crippen LogP contribution in [0.1, 0.15) is 30.9 Å². The molecule has 1 heterocycles. The molecule has 0 aromatic carbocycles. The molecular weight excluding hydrogens is 190 g/mol. The Labute approximate surface area is 89.7 Å². The number of aliphatic carboxylic acids is 1. The molecule has 3 unspecified atom stereocenters. The van der Waals surface area contributed by atoms with Crippen LogP contribution in [-0.4, -0.2) is 15.6 Å². The third kappa shape index (κ3) is 1.56. The first-order valence-corrected chi connectivity index (χ1v) is 5.38. The van der Waals surface area contributed by atoms with Crippen molar-refractivity contribution in [2.24, 2.45) is 18.9 Å². The molecule has 0 aliphatic heterocycles. The summed E-state index contributed by atoms with van der Waals surface area (Å²) in [6, 6.07) is 0. The quantitative estimate of drug-likeness (QED) is 0.806. The van der Waals surface area contributed by atoms with Crippen LogP contribution >= 0.6 is 0 Å². The second-order valence-electron chi connectivity index (χ2n) is 4.74. The average molecular weight is 207 g/mol. The molecule has 0 fully saturated rings. The van der Waals surface area contributed by atoms with Crippen molar-refractivity contribution in [3.05, 3.63) is 23.5 Å². The van der Waals surface area contributed by atoms with Crippen molar-refractivity contribution in [1.82, 2.24) is 4.57 Å². The minimum absolute atomic E-state index is 0.179. The van der Waals surface area contributed by atoms with E-state index in [0.29, 0.717) is 5.92 Å². The molecule has 0 bridgehead atoms. The van der Waals surface area contributed by atoms with E-state index in [2.05, 4.69) is 19.3 Å². The van der Waals surface area contributed by atoms with Gasteiger partial charge in [-0.05, 0) is 23.5 Å². The molecule has 3 atom stereocenters. The Balaban J connectivity index is 2.36. The lowest BCUT2D eigenvalue weighted by Crippen LogP contribution is -2.21. The van der Waals surface area contributed by atoms with Crippen molar-refractivity contribution in [2.75, 3.05) is 0 Å². The normalized spacial score (nSPS) is 26.3. The summed E-state index contributed by atoms with van der Waals surface area (Å²) in [5.41, 5.74) is 2.56. The number of nitrogens with zero attached hydrogens (tertiary/aromatic N) is 1. The molecule has 3 heteroatoms. The molecule has 0 saturated carbocycles.